The van der Waals surface area contributed by atoms with E-state index in [0.717, 1.165) is 13.0 Å². The van der Waals surface area contributed by atoms with Crippen LogP contribution in [0.5, 0.6) is 0 Å². The first-order valence-electron chi connectivity index (χ1n) is 10.4. The first-order valence-corrected chi connectivity index (χ1v) is 10.4. The number of anilines is 1. The van der Waals surface area contributed by atoms with Gasteiger partial charge in [0.2, 0.25) is 5.52 Å². The fourth-order valence-corrected chi connectivity index (χ4v) is 4.73. The van der Waals surface area contributed by atoms with E-state index < -0.39 is 0 Å². The number of pyridine rings is 1. The Morgan fingerprint density at radius 2 is 1.86 bits per heavy atom. The lowest BCUT2D eigenvalue weighted by atomic mass is 10.0. The molecule has 5 rings (SSSR count). The van der Waals surface area contributed by atoms with Crippen LogP contribution in [0, 0.1) is 0 Å². The Morgan fingerprint density at radius 1 is 1.00 bits per heavy atom. The predicted octanol–water partition coefficient (Wildman–Crippen LogP) is 5.61. The standard InChI is InChI=1S/C26H27N2/c1-19(2)27-17-15-20(24-13-3-4-14-25(24)27)8-6-12-23-18-22-10-5-9-21-11-7-16-28(23)26(21)22/h3-6,8-10,12-15,17,19H,7,11,16,18H2,1-2H3/q+1. The summed E-state index contributed by atoms with van der Waals surface area (Å²) in [6.07, 6.45) is 12.5. The summed E-state index contributed by atoms with van der Waals surface area (Å²) in [5.74, 6) is 0. The summed E-state index contributed by atoms with van der Waals surface area (Å²) in [5, 5.41) is 1.31. The first-order chi connectivity index (χ1) is 13.7. The molecule has 2 aromatic carbocycles. The summed E-state index contributed by atoms with van der Waals surface area (Å²) in [5.41, 5.74) is 8.48. The average Bonchev–Trinajstić information content (AvgIpc) is 3.08. The number of aromatic nitrogens is 1. The van der Waals surface area contributed by atoms with Crippen LogP contribution in [-0.2, 0) is 12.8 Å². The van der Waals surface area contributed by atoms with Crippen molar-refractivity contribution >= 4 is 22.7 Å². The molecule has 0 radical (unpaired) electrons. The second-order valence-electron chi connectivity index (χ2n) is 8.16. The van der Waals surface area contributed by atoms with E-state index in [9.17, 15) is 0 Å². The Bertz CT molecular complexity index is 1100. The van der Waals surface area contributed by atoms with Crippen LogP contribution >= 0.6 is 0 Å². The molecule has 2 aliphatic rings. The van der Waals surface area contributed by atoms with Crippen LogP contribution in [0.25, 0.3) is 17.0 Å². The van der Waals surface area contributed by atoms with Gasteiger partial charge >= 0.3 is 0 Å². The minimum atomic E-state index is 0.454. The Balaban J connectivity index is 1.48. The number of aryl methyl sites for hydroxylation is 1. The van der Waals surface area contributed by atoms with Gasteiger partial charge in [0, 0.05) is 36.5 Å². The molecule has 0 N–H and O–H groups in total. The first kappa shape index (κ1) is 17.2. The van der Waals surface area contributed by atoms with Crippen molar-refractivity contribution in [2.24, 2.45) is 0 Å². The van der Waals surface area contributed by atoms with Gasteiger partial charge in [0.05, 0.1) is 5.39 Å². The van der Waals surface area contributed by atoms with Crippen molar-refractivity contribution in [2.45, 2.75) is 39.2 Å². The van der Waals surface area contributed by atoms with Crippen molar-refractivity contribution in [1.29, 1.82) is 0 Å². The van der Waals surface area contributed by atoms with Crippen LogP contribution in [0.1, 0.15) is 43.0 Å². The SMILES string of the molecule is CC(C)[n+]1ccc(C=CC=C2Cc3cccc4c3N2CCC4)c2ccccc21. The van der Waals surface area contributed by atoms with E-state index >= 15 is 0 Å². The number of para-hydroxylation sites is 2. The van der Waals surface area contributed by atoms with Gasteiger partial charge in [-0.3, -0.25) is 0 Å². The minimum absolute atomic E-state index is 0.454. The monoisotopic (exact) mass is 367 g/mol. The Hall–Kier alpha value is -2.87. The lowest BCUT2D eigenvalue weighted by Gasteiger charge is -2.28. The fraction of sp³-hybridized carbons (Fsp3) is 0.269. The number of benzene rings is 2. The second-order valence-corrected chi connectivity index (χ2v) is 8.16. The Labute approximate surface area is 167 Å². The van der Waals surface area contributed by atoms with Crippen LogP contribution in [0.15, 0.2) is 72.6 Å². The van der Waals surface area contributed by atoms with Crippen LogP contribution < -0.4 is 9.47 Å². The fourth-order valence-electron chi connectivity index (χ4n) is 4.73. The zero-order valence-electron chi connectivity index (χ0n) is 16.7. The number of nitrogens with zero attached hydrogens (tertiary/aromatic N) is 2. The highest BCUT2D eigenvalue weighted by atomic mass is 15.2. The van der Waals surface area contributed by atoms with Gasteiger partial charge in [-0.1, -0.05) is 42.5 Å². The van der Waals surface area contributed by atoms with Crippen LogP contribution in [-0.4, -0.2) is 6.54 Å². The van der Waals surface area contributed by atoms with Gasteiger partial charge in [-0.25, -0.2) is 0 Å². The lowest BCUT2D eigenvalue weighted by Crippen LogP contribution is -2.36. The van der Waals surface area contributed by atoms with Gasteiger partial charge in [0.1, 0.15) is 0 Å². The van der Waals surface area contributed by atoms with Crippen LogP contribution in [0.3, 0.4) is 0 Å². The summed E-state index contributed by atoms with van der Waals surface area (Å²) < 4.78 is 2.34. The quantitative estimate of drug-likeness (QED) is 0.545. The molecule has 0 amide bonds. The maximum atomic E-state index is 2.54. The number of rotatable bonds is 3. The van der Waals surface area contributed by atoms with Gasteiger partial charge in [0.25, 0.3) is 0 Å². The van der Waals surface area contributed by atoms with E-state index in [-0.39, 0.29) is 0 Å². The molecule has 0 atom stereocenters. The van der Waals surface area contributed by atoms with Gasteiger partial charge in [-0.05, 0) is 55.5 Å². The number of hydrogen-bond donors (Lipinski definition) is 0. The van der Waals surface area contributed by atoms with E-state index in [2.05, 4.69) is 96.3 Å². The average molecular weight is 368 g/mol. The Kier molecular flexibility index (Phi) is 4.27. The van der Waals surface area contributed by atoms with Gasteiger partial charge in [-0.2, -0.15) is 4.57 Å². The molecule has 140 valence electrons. The molecule has 2 aliphatic heterocycles. The van der Waals surface area contributed by atoms with Crippen molar-refractivity contribution < 1.29 is 4.57 Å². The highest BCUT2D eigenvalue weighted by molar-refractivity contribution is 5.85. The topological polar surface area (TPSA) is 7.12 Å². The van der Waals surface area contributed by atoms with E-state index in [1.165, 1.54) is 51.8 Å². The molecule has 2 heteroatoms. The zero-order valence-corrected chi connectivity index (χ0v) is 16.7. The summed E-state index contributed by atoms with van der Waals surface area (Å²) in [7, 11) is 0. The molecular weight excluding hydrogens is 340 g/mol. The molecule has 3 aromatic rings. The molecule has 0 saturated heterocycles. The van der Waals surface area contributed by atoms with E-state index in [0.29, 0.717) is 6.04 Å². The predicted molar refractivity (Wildman–Crippen MR) is 117 cm³/mol. The summed E-state index contributed by atoms with van der Waals surface area (Å²) >= 11 is 0. The van der Waals surface area contributed by atoms with Crippen molar-refractivity contribution in [3.8, 4) is 0 Å². The van der Waals surface area contributed by atoms with Gasteiger partial charge in [-0.15, -0.1) is 0 Å². The van der Waals surface area contributed by atoms with Gasteiger partial charge in [0.15, 0.2) is 12.2 Å². The molecular formula is C26H27N2+. The van der Waals surface area contributed by atoms with Crippen molar-refractivity contribution in [1.82, 2.24) is 0 Å². The maximum Gasteiger partial charge on any atom is 0.213 e. The number of fused-ring (bicyclic) bond motifs is 1. The Morgan fingerprint density at radius 3 is 2.75 bits per heavy atom. The molecule has 0 aliphatic carbocycles. The lowest BCUT2D eigenvalue weighted by molar-refractivity contribution is -0.691. The normalized spacial score (nSPS) is 17.2. The second kappa shape index (κ2) is 6.94. The molecule has 1 aromatic heterocycles. The molecule has 0 spiro atoms. The molecule has 0 fully saturated rings. The number of hydrogen-bond acceptors (Lipinski definition) is 1. The van der Waals surface area contributed by atoms with Crippen LogP contribution in [0.4, 0.5) is 5.69 Å². The molecule has 2 nitrogen and oxygen atoms in total. The third kappa shape index (κ3) is 2.84. The number of allylic oxidation sites excluding steroid dienone is 3. The molecule has 0 bridgehead atoms. The third-order valence-corrected chi connectivity index (χ3v) is 6.05. The smallest absolute Gasteiger partial charge is 0.213 e. The highest BCUT2D eigenvalue weighted by Crippen LogP contribution is 2.40. The van der Waals surface area contributed by atoms with Crippen molar-refractivity contribution in [2.75, 3.05) is 11.4 Å². The van der Waals surface area contributed by atoms with Crippen LogP contribution in [0.2, 0.25) is 0 Å². The van der Waals surface area contributed by atoms with E-state index in [4.69, 9.17) is 0 Å². The van der Waals surface area contributed by atoms with E-state index in [1.54, 1.807) is 0 Å². The van der Waals surface area contributed by atoms with Gasteiger partial charge < -0.3 is 4.90 Å². The summed E-state index contributed by atoms with van der Waals surface area (Å²) in [4.78, 5) is 2.54. The zero-order chi connectivity index (χ0) is 19.1. The van der Waals surface area contributed by atoms with Crippen molar-refractivity contribution in [3.05, 3.63) is 89.3 Å². The molecule has 0 saturated carbocycles. The molecule has 28 heavy (non-hydrogen) atoms. The van der Waals surface area contributed by atoms with Crippen molar-refractivity contribution in [3.63, 3.8) is 0 Å². The highest BCUT2D eigenvalue weighted by Gasteiger charge is 2.28. The summed E-state index contributed by atoms with van der Waals surface area (Å²) in [6.45, 7) is 5.61. The molecule has 3 heterocycles. The molecule has 0 unspecified atom stereocenters. The van der Waals surface area contributed by atoms with E-state index in [1.807, 2.05) is 0 Å². The summed E-state index contributed by atoms with van der Waals surface area (Å²) in [6, 6.07) is 18.2. The largest absolute Gasteiger partial charge is 0.344 e. The third-order valence-electron chi connectivity index (χ3n) is 6.05. The minimum Gasteiger partial charge on any atom is -0.344 e. The maximum absolute atomic E-state index is 2.54.